The Morgan fingerprint density at radius 3 is 2.85 bits per heavy atom. The van der Waals surface area contributed by atoms with Crippen LogP contribution in [0.1, 0.15) is 11.5 Å². The number of aromatic nitrogens is 2. The largest absolute Gasteiger partial charge is 0.459 e. The van der Waals surface area contributed by atoms with Gasteiger partial charge in [-0.1, -0.05) is 18.2 Å². The van der Waals surface area contributed by atoms with Crippen molar-refractivity contribution in [1.82, 2.24) is 9.78 Å². The molecule has 0 aliphatic heterocycles. The summed E-state index contributed by atoms with van der Waals surface area (Å²) in [6.45, 7) is 1.82. The fraction of sp³-hybridized carbons (Fsp3) is 0.154. The number of fused-ring (bicyclic) bond motifs is 1. The zero-order valence-electron chi connectivity index (χ0n) is 10.7. The van der Waals surface area contributed by atoms with Crippen molar-refractivity contribution < 1.29 is 9.34 Å². The number of furan rings is 1. The van der Waals surface area contributed by atoms with Crippen molar-refractivity contribution in [2.24, 2.45) is 0 Å². The maximum atomic E-state index is 10.9. The third-order valence-corrected chi connectivity index (χ3v) is 3.10. The lowest BCUT2D eigenvalue weighted by Gasteiger charge is -1.99. The number of nitrogens with zero attached hydrogens (tertiary/aromatic N) is 3. The molecular formula is C13H12N4O3. The van der Waals surface area contributed by atoms with Crippen molar-refractivity contribution in [2.75, 3.05) is 5.73 Å². The molecule has 2 aromatic heterocycles. The lowest BCUT2D eigenvalue weighted by Crippen LogP contribution is -2.06. The molecule has 0 atom stereocenters. The van der Waals surface area contributed by atoms with Crippen molar-refractivity contribution in [3.63, 3.8) is 0 Å². The van der Waals surface area contributed by atoms with Gasteiger partial charge in [0.05, 0.1) is 4.92 Å². The monoisotopic (exact) mass is 272 g/mol. The molecule has 0 saturated carbocycles. The van der Waals surface area contributed by atoms with Crippen LogP contribution in [-0.2, 0) is 6.54 Å². The van der Waals surface area contributed by atoms with E-state index >= 15 is 0 Å². The van der Waals surface area contributed by atoms with E-state index in [9.17, 15) is 10.1 Å². The normalized spacial score (nSPS) is 11.1. The number of hydrogen-bond acceptors (Lipinski definition) is 5. The number of anilines is 1. The summed E-state index contributed by atoms with van der Waals surface area (Å²) in [7, 11) is 0. The standard InChI is InChI=1S/C13H12N4O3/c1-8-12(17(18)19)13(14)16(15-8)7-10-6-9-4-2-3-5-11(9)20-10/h2-6H,7,14H2,1H3. The minimum atomic E-state index is -0.521. The highest BCUT2D eigenvalue weighted by molar-refractivity contribution is 5.77. The molecule has 0 aliphatic rings. The molecule has 0 saturated heterocycles. The summed E-state index contributed by atoms with van der Waals surface area (Å²) < 4.78 is 7.03. The van der Waals surface area contributed by atoms with E-state index in [1.54, 1.807) is 6.92 Å². The first-order valence-corrected chi connectivity index (χ1v) is 6.01. The predicted octanol–water partition coefficient (Wildman–Crippen LogP) is 2.48. The Labute approximate surface area is 113 Å². The molecule has 7 heteroatoms. The number of nitro groups is 1. The van der Waals surface area contributed by atoms with Gasteiger partial charge in [0.2, 0.25) is 5.82 Å². The fourth-order valence-electron chi connectivity index (χ4n) is 2.20. The van der Waals surface area contributed by atoms with Gasteiger partial charge in [0.1, 0.15) is 23.6 Å². The average Bonchev–Trinajstić information content (AvgIpc) is 2.90. The molecule has 0 bridgehead atoms. The molecule has 2 heterocycles. The van der Waals surface area contributed by atoms with Crippen LogP contribution in [0, 0.1) is 17.0 Å². The van der Waals surface area contributed by atoms with Crippen LogP contribution in [0.15, 0.2) is 34.7 Å². The van der Waals surface area contributed by atoms with Crippen LogP contribution in [-0.4, -0.2) is 14.7 Å². The molecule has 20 heavy (non-hydrogen) atoms. The molecule has 0 fully saturated rings. The van der Waals surface area contributed by atoms with Gasteiger partial charge in [-0.25, -0.2) is 4.68 Å². The van der Waals surface area contributed by atoms with Gasteiger partial charge in [0.15, 0.2) is 0 Å². The molecule has 0 unspecified atom stereocenters. The van der Waals surface area contributed by atoms with Gasteiger partial charge in [0.25, 0.3) is 0 Å². The summed E-state index contributed by atoms with van der Waals surface area (Å²) in [6.07, 6.45) is 0. The number of rotatable bonds is 3. The maximum absolute atomic E-state index is 10.9. The highest BCUT2D eigenvalue weighted by Crippen LogP contribution is 2.27. The number of nitrogen functional groups attached to an aromatic ring is 1. The smallest absolute Gasteiger partial charge is 0.333 e. The summed E-state index contributed by atoms with van der Waals surface area (Å²) >= 11 is 0. The van der Waals surface area contributed by atoms with E-state index < -0.39 is 4.92 Å². The summed E-state index contributed by atoms with van der Waals surface area (Å²) in [4.78, 5) is 10.4. The van der Waals surface area contributed by atoms with E-state index in [0.717, 1.165) is 11.0 Å². The summed E-state index contributed by atoms with van der Waals surface area (Å²) in [6, 6.07) is 9.46. The van der Waals surface area contributed by atoms with Crippen LogP contribution in [0.2, 0.25) is 0 Å². The molecule has 2 N–H and O–H groups in total. The van der Waals surface area contributed by atoms with Gasteiger partial charge in [-0.05, 0) is 19.1 Å². The summed E-state index contributed by atoms with van der Waals surface area (Å²) in [5.74, 6) is 0.684. The topological polar surface area (TPSA) is 100 Å². The van der Waals surface area contributed by atoms with Crippen LogP contribution < -0.4 is 5.73 Å². The molecule has 0 radical (unpaired) electrons. The van der Waals surface area contributed by atoms with Crippen LogP contribution in [0.25, 0.3) is 11.0 Å². The van der Waals surface area contributed by atoms with Crippen molar-refractivity contribution >= 4 is 22.5 Å². The minimum Gasteiger partial charge on any atom is -0.459 e. The van der Waals surface area contributed by atoms with Gasteiger partial charge in [-0.3, -0.25) is 10.1 Å². The summed E-state index contributed by atoms with van der Waals surface area (Å²) in [5, 5.41) is 16.0. The SMILES string of the molecule is Cc1nn(Cc2cc3ccccc3o2)c(N)c1[N+](=O)[O-]. The molecule has 3 aromatic rings. The molecular weight excluding hydrogens is 260 g/mol. The number of hydrogen-bond donors (Lipinski definition) is 1. The molecule has 3 rings (SSSR count). The fourth-order valence-corrected chi connectivity index (χ4v) is 2.20. The second-order valence-electron chi connectivity index (χ2n) is 4.48. The summed E-state index contributed by atoms with van der Waals surface area (Å²) in [5.41, 5.74) is 6.67. The number of benzene rings is 1. The lowest BCUT2D eigenvalue weighted by molar-refractivity contribution is -0.384. The Balaban J connectivity index is 1.99. The second-order valence-corrected chi connectivity index (χ2v) is 4.48. The first-order valence-electron chi connectivity index (χ1n) is 6.01. The highest BCUT2D eigenvalue weighted by atomic mass is 16.6. The number of nitrogens with two attached hydrogens (primary N) is 1. The van der Waals surface area contributed by atoms with Crippen molar-refractivity contribution in [3.8, 4) is 0 Å². The molecule has 7 nitrogen and oxygen atoms in total. The Bertz CT molecular complexity index is 770. The van der Waals surface area contributed by atoms with Gasteiger partial charge in [0, 0.05) is 5.39 Å². The molecule has 1 aromatic carbocycles. The Kier molecular flexibility index (Phi) is 2.67. The Hall–Kier alpha value is -2.83. The molecule has 0 amide bonds. The van der Waals surface area contributed by atoms with Crippen molar-refractivity contribution in [3.05, 3.63) is 51.9 Å². The second kappa shape index (κ2) is 4.37. The zero-order valence-corrected chi connectivity index (χ0v) is 10.7. The van der Waals surface area contributed by atoms with E-state index in [0.29, 0.717) is 11.5 Å². The van der Waals surface area contributed by atoms with Crippen molar-refractivity contribution in [2.45, 2.75) is 13.5 Å². The maximum Gasteiger partial charge on any atom is 0.333 e. The number of aryl methyl sites for hydroxylation is 1. The first kappa shape index (κ1) is 12.2. The number of para-hydroxylation sites is 1. The molecule has 0 aliphatic carbocycles. The molecule has 102 valence electrons. The molecule has 0 spiro atoms. The van der Waals surface area contributed by atoms with Crippen molar-refractivity contribution in [1.29, 1.82) is 0 Å². The third-order valence-electron chi connectivity index (χ3n) is 3.10. The van der Waals surface area contributed by atoms with Gasteiger partial charge >= 0.3 is 5.69 Å². The van der Waals surface area contributed by atoms with Crippen LogP contribution >= 0.6 is 0 Å². The lowest BCUT2D eigenvalue weighted by atomic mass is 10.2. The van der Waals surface area contributed by atoms with Crippen LogP contribution in [0.3, 0.4) is 0 Å². The first-order chi connectivity index (χ1) is 9.56. The van der Waals surface area contributed by atoms with Crippen LogP contribution in [0.5, 0.6) is 0 Å². The van der Waals surface area contributed by atoms with E-state index in [4.69, 9.17) is 10.2 Å². The van der Waals surface area contributed by atoms with Crippen LogP contribution in [0.4, 0.5) is 11.5 Å². The van der Waals surface area contributed by atoms with E-state index in [-0.39, 0.29) is 18.1 Å². The quantitative estimate of drug-likeness (QED) is 0.583. The van der Waals surface area contributed by atoms with E-state index in [1.165, 1.54) is 4.68 Å². The zero-order chi connectivity index (χ0) is 14.3. The minimum absolute atomic E-state index is 0.0351. The highest BCUT2D eigenvalue weighted by Gasteiger charge is 2.23. The van der Waals surface area contributed by atoms with Gasteiger partial charge in [-0.15, -0.1) is 0 Å². The predicted molar refractivity (Wildman–Crippen MR) is 73.3 cm³/mol. The average molecular weight is 272 g/mol. The Morgan fingerprint density at radius 1 is 1.45 bits per heavy atom. The Morgan fingerprint density at radius 2 is 2.20 bits per heavy atom. The van der Waals surface area contributed by atoms with E-state index in [1.807, 2.05) is 30.3 Å². The van der Waals surface area contributed by atoms with Gasteiger partial charge < -0.3 is 10.2 Å². The third kappa shape index (κ3) is 1.89. The van der Waals surface area contributed by atoms with Gasteiger partial charge in [-0.2, -0.15) is 5.10 Å². The van der Waals surface area contributed by atoms with E-state index in [2.05, 4.69) is 5.10 Å².